The molecule has 0 aromatic rings. The van der Waals surface area contributed by atoms with Crippen molar-refractivity contribution in [3.8, 4) is 12.3 Å². The molecule has 0 bridgehead atoms. The molecule has 0 aliphatic heterocycles. The minimum absolute atomic E-state index is 0.164. The van der Waals surface area contributed by atoms with Gasteiger partial charge in [0.1, 0.15) is 12.1 Å². The molecule has 0 aromatic carbocycles. The predicted octanol–water partition coefficient (Wildman–Crippen LogP) is 1.58. The molecule has 0 saturated heterocycles. The lowest BCUT2D eigenvalue weighted by atomic mass is 10.2. The highest BCUT2D eigenvalue weighted by molar-refractivity contribution is 5.76. The number of terminal acetylenes is 1. The van der Waals surface area contributed by atoms with Crippen molar-refractivity contribution in [3.63, 3.8) is 0 Å². The van der Waals surface area contributed by atoms with Crippen molar-refractivity contribution in [1.82, 2.24) is 4.90 Å². The first-order valence-corrected chi connectivity index (χ1v) is 5.31. The van der Waals surface area contributed by atoms with Crippen molar-refractivity contribution >= 4 is 12.1 Å². The summed E-state index contributed by atoms with van der Waals surface area (Å²) >= 11 is 0. The molecule has 0 radical (unpaired) electrons. The lowest BCUT2D eigenvalue weighted by Gasteiger charge is -2.27. The molecular weight excluding hydrogens is 222 g/mol. The standard InChI is InChI=1S/C12H19NO4/c1-6-9(2)7-13(8-10(14)15)11(16)17-12(3,4)5/h1,9H,7-8H2,2-5H3,(H,14,15)/t9-/m0/s1. The first kappa shape index (κ1) is 15.3. The minimum Gasteiger partial charge on any atom is -0.480 e. The van der Waals surface area contributed by atoms with Gasteiger partial charge in [-0.15, -0.1) is 12.3 Å². The SMILES string of the molecule is C#C[C@H](C)CN(CC(=O)O)C(=O)OC(C)(C)C. The van der Waals surface area contributed by atoms with Gasteiger partial charge in [-0.1, -0.05) is 0 Å². The number of carbonyl (C=O) groups excluding carboxylic acids is 1. The number of rotatable bonds is 4. The number of aliphatic carboxylic acids is 1. The van der Waals surface area contributed by atoms with Crippen LogP contribution in [0.15, 0.2) is 0 Å². The van der Waals surface area contributed by atoms with E-state index in [2.05, 4.69) is 5.92 Å². The van der Waals surface area contributed by atoms with Crippen LogP contribution in [0.5, 0.6) is 0 Å². The Morgan fingerprint density at radius 2 is 2.00 bits per heavy atom. The summed E-state index contributed by atoms with van der Waals surface area (Å²) in [6.45, 7) is 6.63. The number of nitrogens with zero attached hydrogens (tertiary/aromatic N) is 1. The first-order chi connectivity index (χ1) is 7.65. The molecule has 0 aliphatic carbocycles. The second kappa shape index (κ2) is 6.14. The van der Waals surface area contributed by atoms with Gasteiger partial charge in [0.15, 0.2) is 0 Å². The Kier molecular flexibility index (Phi) is 5.52. The number of hydrogen-bond donors (Lipinski definition) is 1. The molecule has 0 unspecified atom stereocenters. The second-order valence-corrected chi connectivity index (χ2v) is 4.82. The Hall–Kier alpha value is -1.70. The second-order valence-electron chi connectivity index (χ2n) is 4.82. The number of hydrogen-bond acceptors (Lipinski definition) is 3. The van der Waals surface area contributed by atoms with Crippen LogP contribution in [0.2, 0.25) is 0 Å². The highest BCUT2D eigenvalue weighted by Gasteiger charge is 2.24. The number of amides is 1. The molecular formula is C12H19NO4. The summed E-state index contributed by atoms with van der Waals surface area (Å²) in [7, 11) is 0. The van der Waals surface area contributed by atoms with E-state index in [4.69, 9.17) is 16.3 Å². The van der Waals surface area contributed by atoms with Crippen molar-refractivity contribution < 1.29 is 19.4 Å². The Bertz CT molecular complexity index is 324. The Morgan fingerprint density at radius 3 is 2.35 bits per heavy atom. The molecule has 0 aromatic heterocycles. The van der Waals surface area contributed by atoms with E-state index in [0.717, 1.165) is 4.90 Å². The third-order valence-electron chi connectivity index (χ3n) is 1.76. The third kappa shape index (κ3) is 7.23. The average molecular weight is 241 g/mol. The maximum atomic E-state index is 11.7. The molecule has 96 valence electrons. The normalized spacial score (nSPS) is 12.4. The van der Waals surface area contributed by atoms with Crippen LogP contribution in [0.25, 0.3) is 0 Å². The fourth-order valence-corrected chi connectivity index (χ4v) is 1.08. The molecule has 5 nitrogen and oxygen atoms in total. The molecule has 0 aliphatic rings. The van der Waals surface area contributed by atoms with E-state index in [1.54, 1.807) is 27.7 Å². The van der Waals surface area contributed by atoms with Crippen molar-refractivity contribution in [1.29, 1.82) is 0 Å². The molecule has 1 atom stereocenters. The Balaban J connectivity index is 4.63. The number of ether oxygens (including phenoxy) is 1. The maximum absolute atomic E-state index is 11.7. The molecule has 0 spiro atoms. The number of carboxylic acid groups (broad SMARTS) is 1. The van der Waals surface area contributed by atoms with Gasteiger partial charge in [0.25, 0.3) is 0 Å². The van der Waals surface area contributed by atoms with Gasteiger partial charge in [0, 0.05) is 12.5 Å². The van der Waals surface area contributed by atoms with Crippen molar-refractivity contribution in [2.45, 2.75) is 33.3 Å². The Morgan fingerprint density at radius 1 is 1.47 bits per heavy atom. The summed E-state index contributed by atoms with van der Waals surface area (Å²) in [4.78, 5) is 23.5. The van der Waals surface area contributed by atoms with Crippen LogP contribution in [0.3, 0.4) is 0 Å². The van der Waals surface area contributed by atoms with Crippen molar-refractivity contribution in [2.75, 3.05) is 13.1 Å². The van der Waals surface area contributed by atoms with E-state index in [9.17, 15) is 9.59 Å². The van der Waals surface area contributed by atoms with Crippen LogP contribution in [0, 0.1) is 18.3 Å². The van der Waals surface area contributed by atoms with Crippen LogP contribution in [0.1, 0.15) is 27.7 Å². The van der Waals surface area contributed by atoms with Crippen LogP contribution < -0.4 is 0 Å². The number of carboxylic acids is 1. The summed E-state index contributed by atoms with van der Waals surface area (Å²) in [5.41, 5.74) is -0.660. The van der Waals surface area contributed by atoms with E-state index < -0.39 is 24.2 Å². The van der Waals surface area contributed by atoms with E-state index in [1.807, 2.05) is 0 Å². The van der Waals surface area contributed by atoms with Gasteiger partial charge >= 0.3 is 12.1 Å². The van der Waals surface area contributed by atoms with Gasteiger partial charge in [-0.05, 0) is 27.7 Å². The van der Waals surface area contributed by atoms with Crippen LogP contribution in [-0.2, 0) is 9.53 Å². The van der Waals surface area contributed by atoms with E-state index >= 15 is 0 Å². The lowest BCUT2D eigenvalue weighted by Crippen LogP contribution is -2.41. The maximum Gasteiger partial charge on any atom is 0.410 e. The van der Waals surface area contributed by atoms with Gasteiger partial charge < -0.3 is 9.84 Å². The predicted molar refractivity (Wildman–Crippen MR) is 63.4 cm³/mol. The number of carbonyl (C=O) groups is 2. The summed E-state index contributed by atoms with van der Waals surface area (Å²) in [6, 6.07) is 0. The van der Waals surface area contributed by atoms with Crippen LogP contribution in [0.4, 0.5) is 4.79 Å². The quantitative estimate of drug-likeness (QED) is 0.759. The molecule has 1 amide bonds. The molecule has 0 saturated carbocycles. The molecule has 0 rings (SSSR count). The minimum atomic E-state index is -1.10. The lowest BCUT2D eigenvalue weighted by molar-refractivity contribution is -0.138. The highest BCUT2D eigenvalue weighted by Crippen LogP contribution is 2.11. The topological polar surface area (TPSA) is 66.8 Å². The highest BCUT2D eigenvalue weighted by atomic mass is 16.6. The van der Waals surface area contributed by atoms with Gasteiger partial charge in [-0.3, -0.25) is 9.69 Å². The zero-order valence-corrected chi connectivity index (χ0v) is 10.7. The summed E-state index contributed by atoms with van der Waals surface area (Å²) in [6.07, 6.45) is 4.54. The van der Waals surface area contributed by atoms with Gasteiger partial charge in [0.05, 0.1) is 0 Å². The molecule has 17 heavy (non-hydrogen) atoms. The fraction of sp³-hybridized carbons (Fsp3) is 0.667. The van der Waals surface area contributed by atoms with Crippen molar-refractivity contribution in [2.24, 2.45) is 5.92 Å². The van der Waals surface area contributed by atoms with E-state index in [0.29, 0.717) is 0 Å². The van der Waals surface area contributed by atoms with Crippen molar-refractivity contribution in [3.05, 3.63) is 0 Å². The largest absolute Gasteiger partial charge is 0.480 e. The molecule has 5 heteroatoms. The van der Waals surface area contributed by atoms with E-state index in [1.165, 1.54) is 0 Å². The van der Waals surface area contributed by atoms with Gasteiger partial charge in [0.2, 0.25) is 0 Å². The molecule has 0 heterocycles. The van der Waals surface area contributed by atoms with E-state index in [-0.39, 0.29) is 12.5 Å². The monoisotopic (exact) mass is 241 g/mol. The molecule has 1 N–H and O–H groups in total. The van der Waals surface area contributed by atoms with Gasteiger partial charge in [-0.25, -0.2) is 4.79 Å². The zero-order chi connectivity index (χ0) is 13.6. The third-order valence-corrected chi connectivity index (χ3v) is 1.76. The fourth-order valence-electron chi connectivity index (χ4n) is 1.08. The van der Waals surface area contributed by atoms with Crippen LogP contribution in [-0.4, -0.2) is 40.8 Å². The summed E-state index contributed by atoms with van der Waals surface area (Å²) < 4.78 is 5.10. The summed E-state index contributed by atoms with van der Waals surface area (Å²) in [5.74, 6) is 1.13. The smallest absolute Gasteiger partial charge is 0.410 e. The average Bonchev–Trinajstić information content (AvgIpc) is 2.13. The van der Waals surface area contributed by atoms with Crippen LogP contribution >= 0.6 is 0 Å². The first-order valence-electron chi connectivity index (χ1n) is 5.31. The zero-order valence-electron chi connectivity index (χ0n) is 10.7. The Labute approximate surface area is 102 Å². The summed E-state index contributed by atoms with van der Waals surface area (Å²) in [5, 5.41) is 8.72. The molecule has 0 fully saturated rings. The van der Waals surface area contributed by atoms with Gasteiger partial charge in [-0.2, -0.15) is 0 Å².